The van der Waals surface area contributed by atoms with Gasteiger partial charge in [-0.15, -0.1) is 0 Å². The molecule has 0 amide bonds. The highest BCUT2D eigenvalue weighted by Gasteiger charge is 2.27. The molecule has 0 atom stereocenters. The van der Waals surface area contributed by atoms with Gasteiger partial charge in [0, 0.05) is 42.5 Å². The molecule has 4 aromatic rings. The predicted molar refractivity (Wildman–Crippen MR) is 125 cm³/mol. The minimum atomic E-state index is 0.232. The monoisotopic (exact) mass is 445 g/mol. The summed E-state index contributed by atoms with van der Waals surface area (Å²) in [5.74, 6) is 3.80. The van der Waals surface area contributed by atoms with E-state index in [1.165, 1.54) is 0 Å². The van der Waals surface area contributed by atoms with Gasteiger partial charge in [0.25, 0.3) is 0 Å². The van der Waals surface area contributed by atoms with Gasteiger partial charge in [-0.05, 0) is 38.0 Å². The number of ether oxygens (including phenoxy) is 2. The Morgan fingerprint density at radius 3 is 2.61 bits per heavy atom. The second kappa shape index (κ2) is 9.36. The lowest BCUT2D eigenvalue weighted by molar-refractivity contribution is 0.311. The fourth-order valence-corrected chi connectivity index (χ4v) is 4.25. The smallest absolute Gasteiger partial charge is 0.230 e. The standard InChI is InChI=1S/C25H27N5O3/c1-3-32-21-10-9-20(17-22(21)31-2)23-27-25(33-28-23)19-11-14-29(15-12-19)30-16-13-26-24(30)18-7-5-4-6-8-18/h4-10,13,16-17,19H,3,11-12,14-15H2,1-2H3. The zero-order chi connectivity index (χ0) is 22.6. The number of aromatic nitrogens is 4. The summed E-state index contributed by atoms with van der Waals surface area (Å²) in [5, 5.41) is 6.54. The van der Waals surface area contributed by atoms with Crippen LogP contribution in [0.2, 0.25) is 0 Å². The molecular formula is C25H27N5O3. The van der Waals surface area contributed by atoms with Crippen molar-refractivity contribution >= 4 is 0 Å². The lowest BCUT2D eigenvalue weighted by Gasteiger charge is -2.33. The van der Waals surface area contributed by atoms with Crippen molar-refractivity contribution in [3.05, 3.63) is 66.8 Å². The van der Waals surface area contributed by atoms with Gasteiger partial charge < -0.3 is 19.0 Å². The van der Waals surface area contributed by atoms with Crippen molar-refractivity contribution in [2.45, 2.75) is 25.7 Å². The Balaban J connectivity index is 1.28. The lowest BCUT2D eigenvalue weighted by Crippen LogP contribution is -2.41. The third-order valence-corrected chi connectivity index (χ3v) is 5.94. The second-order valence-electron chi connectivity index (χ2n) is 7.94. The molecule has 1 aliphatic heterocycles. The Labute approximate surface area is 192 Å². The van der Waals surface area contributed by atoms with Crippen LogP contribution in [-0.2, 0) is 0 Å². The fourth-order valence-electron chi connectivity index (χ4n) is 4.25. The molecule has 8 heteroatoms. The second-order valence-corrected chi connectivity index (χ2v) is 7.94. The number of benzene rings is 2. The number of rotatable bonds is 7. The van der Waals surface area contributed by atoms with E-state index in [-0.39, 0.29) is 5.92 Å². The van der Waals surface area contributed by atoms with Gasteiger partial charge in [-0.25, -0.2) is 9.66 Å². The molecule has 0 unspecified atom stereocenters. The van der Waals surface area contributed by atoms with E-state index in [4.69, 9.17) is 19.0 Å². The zero-order valence-corrected chi connectivity index (χ0v) is 18.8. The van der Waals surface area contributed by atoms with Crippen LogP contribution < -0.4 is 14.5 Å². The van der Waals surface area contributed by atoms with Gasteiger partial charge in [-0.1, -0.05) is 35.5 Å². The molecule has 3 heterocycles. The van der Waals surface area contributed by atoms with E-state index < -0.39 is 0 Å². The molecule has 0 radical (unpaired) electrons. The van der Waals surface area contributed by atoms with E-state index in [0.717, 1.165) is 42.9 Å². The highest BCUT2D eigenvalue weighted by atomic mass is 16.5. The van der Waals surface area contributed by atoms with Crippen molar-refractivity contribution in [2.75, 3.05) is 31.8 Å². The van der Waals surface area contributed by atoms with E-state index in [0.29, 0.717) is 29.8 Å². The van der Waals surface area contributed by atoms with Crippen LogP contribution in [0.3, 0.4) is 0 Å². The molecule has 5 rings (SSSR count). The van der Waals surface area contributed by atoms with Crippen LogP contribution >= 0.6 is 0 Å². The van der Waals surface area contributed by atoms with Crippen molar-refractivity contribution in [3.63, 3.8) is 0 Å². The number of piperidine rings is 1. The topological polar surface area (TPSA) is 78.4 Å². The van der Waals surface area contributed by atoms with Crippen molar-refractivity contribution in [3.8, 4) is 34.3 Å². The number of methoxy groups -OCH3 is 1. The molecule has 1 fully saturated rings. The summed E-state index contributed by atoms with van der Waals surface area (Å²) in [5.41, 5.74) is 1.95. The highest BCUT2D eigenvalue weighted by Crippen LogP contribution is 2.33. The molecule has 8 nitrogen and oxygen atoms in total. The van der Waals surface area contributed by atoms with Crippen LogP contribution in [0.25, 0.3) is 22.8 Å². The van der Waals surface area contributed by atoms with Gasteiger partial charge in [0.2, 0.25) is 11.7 Å². The number of hydrogen-bond donors (Lipinski definition) is 0. The first-order chi connectivity index (χ1) is 16.3. The fraction of sp³-hybridized carbons (Fsp3) is 0.320. The average Bonchev–Trinajstić information content (AvgIpc) is 3.56. The van der Waals surface area contributed by atoms with Crippen LogP contribution in [0, 0.1) is 0 Å². The summed E-state index contributed by atoms with van der Waals surface area (Å²) < 4.78 is 18.9. The maximum atomic E-state index is 5.66. The van der Waals surface area contributed by atoms with Gasteiger partial charge in [0.1, 0.15) is 0 Å². The Morgan fingerprint density at radius 2 is 1.85 bits per heavy atom. The molecule has 2 aromatic carbocycles. The predicted octanol–water partition coefficient (Wildman–Crippen LogP) is 4.52. The molecule has 0 spiro atoms. The van der Waals surface area contributed by atoms with E-state index in [1.807, 2.05) is 55.7 Å². The van der Waals surface area contributed by atoms with Crippen LogP contribution in [-0.4, -0.2) is 46.6 Å². The summed E-state index contributed by atoms with van der Waals surface area (Å²) in [4.78, 5) is 9.27. The molecular weight excluding hydrogens is 418 g/mol. The molecule has 170 valence electrons. The van der Waals surface area contributed by atoms with Gasteiger partial charge in [0.05, 0.1) is 13.7 Å². The van der Waals surface area contributed by atoms with Crippen LogP contribution in [0.5, 0.6) is 11.5 Å². The summed E-state index contributed by atoms with van der Waals surface area (Å²) in [7, 11) is 1.63. The van der Waals surface area contributed by atoms with Crippen LogP contribution in [0.1, 0.15) is 31.6 Å². The average molecular weight is 446 g/mol. The van der Waals surface area contributed by atoms with Crippen molar-refractivity contribution < 1.29 is 14.0 Å². The number of imidazole rings is 1. The third-order valence-electron chi connectivity index (χ3n) is 5.94. The zero-order valence-electron chi connectivity index (χ0n) is 18.8. The number of hydrogen-bond acceptors (Lipinski definition) is 7. The molecule has 1 saturated heterocycles. The molecule has 0 aliphatic carbocycles. The molecule has 0 saturated carbocycles. The van der Waals surface area contributed by atoms with Crippen molar-refractivity contribution in [1.29, 1.82) is 0 Å². The quantitative estimate of drug-likeness (QED) is 0.414. The third kappa shape index (κ3) is 4.28. The Morgan fingerprint density at radius 1 is 1.03 bits per heavy atom. The molecule has 33 heavy (non-hydrogen) atoms. The molecule has 0 bridgehead atoms. The summed E-state index contributed by atoms with van der Waals surface area (Å²) >= 11 is 0. The van der Waals surface area contributed by atoms with Gasteiger partial charge >= 0.3 is 0 Å². The van der Waals surface area contributed by atoms with E-state index in [1.54, 1.807) is 7.11 Å². The van der Waals surface area contributed by atoms with E-state index in [9.17, 15) is 0 Å². The first-order valence-electron chi connectivity index (χ1n) is 11.3. The maximum absolute atomic E-state index is 5.66. The van der Waals surface area contributed by atoms with Gasteiger partial charge in [-0.3, -0.25) is 0 Å². The normalized spacial score (nSPS) is 14.4. The summed E-state index contributed by atoms with van der Waals surface area (Å²) in [6, 6.07) is 15.9. The molecule has 2 aromatic heterocycles. The minimum Gasteiger partial charge on any atom is -0.493 e. The summed E-state index contributed by atoms with van der Waals surface area (Å²) in [6.45, 7) is 4.29. The van der Waals surface area contributed by atoms with Crippen LogP contribution in [0.15, 0.2) is 65.4 Å². The van der Waals surface area contributed by atoms with Crippen molar-refractivity contribution in [1.82, 2.24) is 19.8 Å². The summed E-state index contributed by atoms with van der Waals surface area (Å²) in [6.07, 6.45) is 5.73. The molecule has 1 aliphatic rings. The molecule has 0 N–H and O–H groups in total. The van der Waals surface area contributed by atoms with Gasteiger partial charge in [-0.2, -0.15) is 4.98 Å². The van der Waals surface area contributed by atoms with E-state index in [2.05, 4.69) is 32.0 Å². The Hall–Kier alpha value is -3.81. The maximum Gasteiger partial charge on any atom is 0.230 e. The largest absolute Gasteiger partial charge is 0.493 e. The minimum absolute atomic E-state index is 0.232. The lowest BCUT2D eigenvalue weighted by atomic mass is 9.97. The van der Waals surface area contributed by atoms with Gasteiger partial charge in [0.15, 0.2) is 17.3 Å². The first-order valence-corrected chi connectivity index (χ1v) is 11.3. The Kier molecular flexibility index (Phi) is 5.97. The number of nitrogens with zero attached hydrogens (tertiary/aromatic N) is 5. The highest BCUT2D eigenvalue weighted by molar-refractivity contribution is 5.60. The van der Waals surface area contributed by atoms with Crippen LogP contribution in [0.4, 0.5) is 0 Å². The SMILES string of the molecule is CCOc1ccc(-c2noc(C3CCN(n4ccnc4-c4ccccc4)CC3)n2)cc1OC. The van der Waals surface area contributed by atoms with Crippen molar-refractivity contribution in [2.24, 2.45) is 0 Å². The Bertz CT molecular complexity index is 1200. The van der Waals surface area contributed by atoms with E-state index >= 15 is 0 Å². The first kappa shape index (κ1) is 21.1.